The Bertz CT molecular complexity index is 918. The molecular formula is C24H28N2O3. The normalized spacial score (nSPS) is 30.3. The molecule has 0 saturated carbocycles. The van der Waals surface area contributed by atoms with Gasteiger partial charge < -0.3 is 14.7 Å². The fourth-order valence-electron chi connectivity index (χ4n) is 5.78. The Kier molecular flexibility index (Phi) is 4.50. The van der Waals surface area contributed by atoms with Crippen molar-refractivity contribution in [3.8, 4) is 11.5 Å². The lowest BCUT2D eigenvalue weighted by Crippen LogP contribution is -2.60. The van der Waals surface area contributed by atoms with E-state index in [4.69, 9.17) is 4.74 Å². The first kappa shape index (κ1) is 18.5. The first-order chi connectivity index (χ1) is 14.1. The lowest BCUT2D eigenvalue weighted by Gasteiger charge is -2.51. The average molecular weight is 392 g/mol. The van der Waals surface area contributed by atoms with Crippen molar-refractivity contribution in [2.75, 3.05) is 26.7 Å². The van der Waals surface area contributed by atoms with E-state index in [1.165, 1.54) is 5.56 Å². The molecule has 0 aromatic heterocycles. The number of hydrogen-bond donors (Lipinski definition) is 1. The maximum atomic E-state index is 13.5. The van der Waals surface area contributed by atoms with Crippen molar-refractivity contribution in [3.05, 3.63) is 59.2 Å². The van der Waals surface area contributed by atoms with Crippen molar-refractivity contribution in [1.82, 2.24) is 9.80 Å². The third-order valence-electron chi connectivity index (χ3n) is 7.18. The zero-order chi connectivity index (χ0) is 20.1. The minimum atomic E-state index is -0.0396. The second-order valence-electron chi connectivity index (χ2n) is 8.71. The summed E-state index contributed by atoms with van der Waals surface area (Å²) in [6, 6.07) is 14.2. The molecule has 0 spiro atoms. The molecule has 4 fully saturated rings. The number of carbonyl (C=O) groups is 1. The lowest BCUT2D eigenvalue weighted by atomic mass is 9.75. The second-order valence-corrected chi connectivity index (χ2v) is 8.71. The van der Waals surface area contributed by atoms with Crippen LogP contribution in [0.5, 0.6) is 11.5 Å². The lowest BCUT2D eigenvalue weighted by molar-refractivity contribution is -0.00348. The van der Waals surface area contributed by atoms with Crippen LogP contribution >= 0.6 is 0 Å². The fourth-order valence-corrected chi connectivity index (χ4v) is 5.78. The van der Waals surface area contributed by atoms with Crippen molar-refractivity contribution in [3.63, 3.8) is 0 Å². The van der Waals surface area contributed by atoms with Crippen LogP contribution in [0.15, 0.2) is 42.5 Å². The van der Waals surface area contributed by atoms with E-state index in [0.29, 0.717) is 24.1 Å². The molecule has 4 heterocycles. The molecule has 4 aliphatic heterocycles. The van der Waals surface area contributed by atoms with Crippen molar-refractivity contribution in [1.29, 1.82) is 0 Å². The summed E-state index contributed by atoms with van der Waals surface area (Å²) in [6.07, 6.45) is 2.31. The molecule has 5 heteroatoms. The summed E-state index contributed by atoms with van der Waals surface area (Å²) in [5.74, 6) is 1.73. The smallest absolute Gasteiger partial charge is 0.257 e. The highest BCUT2D eigenvalue weighted by Gasteiger charge is 2.54. The molecule has 1 amide bonds. The van der Waals surface area contributed by atoms with Crippen LogP contribution in [0.1, 0.15) is 40.2 Å². The van der Waals surface area contributed by atoms with E-state index in [1.807, 2.05) is 25.1 Å². The van der Waals surface area contributed by atoms with Crippen molar-refractivity contribution < 1.29 is 14.6 Å². The topological polar surface area (TPSA) is 53.0 Å². The zero-order valence-corrected chi connectivity index (χ0v) is 17.0. The van der Waals surface area contributed by atoms with Gasteiger partial charge in [-0.15, -0.1) is 0 Å². The molecule has 0 aliphatic carbocycles. The van der Waals surface area contributed by atoms with Crippen molar-refractivity contribution >= 4 is 5.91 Å². The van der Waals surface area contributed by atoms with Crippen LogP contribution in [-0.4, -0.2) is 59.6 Å². The van der Waals surface area contributed by atoms with Crippen LogP contribution in [0.4, 0.5) is 0 Å². The van der Waals surface area contributed by atoms with E-state index in [0.717, 1.165) is 37.2 Å². The van der Waals surface area contributed by atoms with Crippen LogP contribution < -0.4 is 4.74 Å². The number of methoxy groups -OCH3 is 1. The molecule has 29 heavy (non-hydrogen) atoms. The number of ether oxygens (including phenoxy) is 1. The maximum absolute atomic E-state index is 13.5. The molecule has 1 N–H and O–H groups in total. The SMILES string of the molecule is COc1ccc([C@H]2CN(C(=O)c3ccc(C)cc3O)[C@H]3C4CCN(CC4)[C@@H]23)cc1. The number of amides is 1. The molecule has 5 nitrogen and oxygen atoms in total. The zero-order valence-electron chi connectivity index (χ0n) is 17.0. The summed E-state index contributed by atoms with van der Waals surface area (Å²) in [6.45, 7) is 4.86. The molecule has 6 rings (SSSR count). The van der Waals surface area contributed by atoms with E-state index in [9.17, 15) is 9.90 Å². The van der Waals surface area contributed by atoms with Gasteiger partial charge in [-0.05, 0) is 74.2 Å². The molecule has 0 unspecified atom stereocenters. The van der Waals surface area contributed by atoms with E-state index in [-0.39, 0.29) is 23.6 Å². The van der Waals surface area contributed by atoms with Gasteiger partial charge >= 0.3 is 0 Å². The molecule has 4 saturated heterocycles. The Hall–Kier alpha value is -2.53. The molecule has 3 atom stereocenters. The summed E-state index contributed by atoms with van der Waals surface area (Å²) >= 11 is 0. The average Bonchev–Trinajstić information content (AvgIpc) is 3.17. The number of phenolic OH excluding ortho intramolecular Hbond substituents is 1. The predicted molar refractivity (Wildman–Crippen MR) is 111 cm³/mol. The number of likely N-dealkylation sites (tertiary alicyclic amines) is 1. The van der Waals surface area contributed by atoms with Gasteiger partial charge in [-0.1, -0.05) is 18.2 Å². The Morgan fingerprint density at radius 2 is 1.79 bits per heavy atom. The van der Waals surface area contributed by atoms with Gasteiger partial charge in [-0.3, -0.25) is 9.69 Å². The van der Waals surface area contributed by atoms with Gasteiger partial charge in [0, 0.05) is 18.5 Å². The van der Waals surface area contributed by atoms with E-state index in [2.05, 4.69) is 21.9 Å². The highest BCUT2D eigenvalue weighted by atomic mass is 16.5. The van der Waals surface area contributed by atoms with Gasteiger partial charge in [0.2, 0.25) is 0 Å². The number of nitrogens with zero attached hydrogens (tertiary/aromatic N) is 2. The molecule has 2 bridgehead atoms. The van der Waals surface area contributed by atoms with Crippen molar-refractivity contribution in [2.24, 2.45) is 5.92 Å². The van der Waals surface area contributed by atoms with Gasteiger partial charge in [0.1, 0.15) is 11.5 Å². The summed E-state index contributed by atoms with van der Waals surface area (Å²) < 4.78 is 5.33. The Labute approximate surface area is 171 Å². The number of hydrogen-bond acceptors (Lipinski definition) is 4. The first-order valence-corrected chi connectivity index (χ1v) is 10.6. The standard InChI is InChI=1S/C24H28N2O3/c1-15-3-8-19(21(27)13-15)24(28)26-14-20(16-4-6-18(29-2)7-5-16)23-22(26)17-9-11-25(23)12-10-17/h3-8,13,17,20,22-23,27H,9-12,14H2,1-2H3/t20-,22+,23+/m1/s1. The third kappa shape index (κ3) is 2.99. The van der Waals surface area contributed by atoms with Crippen LogP contribution in [-0.2, 0) is 0 Å². The number of carbonyl (C=O) groups excluding carboxylic acids is 1. The Morgan fingerprint density at radius 1 is 1.07 bits per heavy atom. The number of benzene rings is 2. The van der Waals surface area contributed by atoms with E-state index < -0.39 is 0 Å². The van der Waals surface area contributed by atoms with Crippen LogP contribution in [0, 0.1) is 12.8 Å². The first-order valence-electron chi connectivity index (χ1n) is 10.6. The third-order valence-corrected chi connectivity index (χ3v) is 7.18. The minimum absolute atomic E-state index is 0.0396. The highest BCUT2D eigenvalue weighted by Crippen LogP contribution is 2.47. The Balaban J connectivity index is 1.51. The molecule has 0 radical (unpaired) electrons. The summed E-state index contributed by atoms with van der Waals surface area (Å²) in [7, 11) is 1.68. The largest absolute Gasteiger partial charge is 0.507 e. The summed E-state index contributed by atoms with van der Waals surface area (Å²) in [5.41, 5.74) is 2.63. The number of fused-ring (bicyclic) bond motifs is 2. The quantitative estimate of drug-likeness (QED) is 0.870. The highest BCUT2D eigenvalue weighted by molar-refractivity contribution is 5.97. The maximum Gasteiger partial charge on any atom is 0.257 e. The number of aromatic hydroxyl groups is 1. The Morgan fingerprint density at radius 3 is 2.45 bits per heavy atom. The summed E-state index contributed by atoms with van der Waals surface area (Å²) in [4.78, 5) is 18.2. The van der Waals surface area contributed by atoms with E-state index >= 15 is 0 Å². The monoisotopic (exact) mass is 392 g/mol. The van der Waals surface area contributed by atoms with Gasteiger partial charge in [0.25, 0.3) is 5.91 Å². The molecule has 2 aromatic rings. The second kappa shape index (κ2) is 7.06. The fraction of sp³-hybridized carbons (Fsp3) is 0.458. The summed E-state index contributed by atoms with van der Waals surface area (Å²) in [5, 5.41) is 10.4. The number of aryl methyl sites for hydroxylation is 1. The predicted octanol–water partition coefficient (Wildman–Crippen LogP) is 3.41. The van der Waals surface area contributed by atoms with Gasteiger partial charge in [0.15, 0.2) is 0 Å². The van der Waals surface area contributed by atoms with Gasteiger partial charge in [-0.25, -0.2) is 0 Å². The number of rotatable bonds is 3. The van der Waals surface area contributed by atoms with Gasteiger partial charge in [0.05, 0.1) is 18.7 Å². The van der Waals surface area contributed by atoms with Crippen LogP contribution in [0.2, 0.25) is 0 Å². The molecule has 2 aromatic carbocycles. The van der Waals surface area contributed by atoms with Crippen LogP contribution in [0.3, 0.4) is 0 Å². The van der Waals surface area contributed by atoms with Crippen molar-refractivity contribution in [2.45, 2.75) is 37.8 Å². The molecule has 152 valence electrons. The number of phenols is 1. The minimum Gasteiger partial charge on any atom is -0.507 e. The molecule has 4 aliphatic rings. The van der Waals surface area contributed by atoms with Crippen LogP contribution in [0.25, 0.3) is 0 Å². The van der Waals surface area contributed by atoms with Gasteiger partial charge in [-0.2, -0.15) is 0 Å². The number of piperidine rings is 3. The van der Waals surface area contributed by atoms with E-state index in [1.54, 1.807) is 19.2 Å². The molecular weight excluding hydrogens is 364 g/mol.